The number of aliphatic hydroxyl groups excluding tert-OH is 1. The van der Waals surface area contributed by atoms with Crippen LogP contribution in [0.5, 0.6) is 0 Å². The van der Waals surface area contributed by atoms with Gasteiger partial charge in [0.2, 0.25) is 0 Å². The maximum Gasteiger partial charge on any atom is 0.472 e. The lowest BCUT2D eigenvalue weighted by Gasteiger charge is -2.21. The van der Waals surface area contributed by atoms with Crippen molar-refractivity contribution in [1.82, 2.24) is 0 Å². The van der Waals surface area contributed by atoms with E-state index < -0.39 is 97.5 Å². The first kappa shape index (κ1) is 102. The first-order valence-electron chi connectivity index (χ1n) is 41.0. The Morgan fingerprint density at radius 3 is 0.833 bits per heavy atom. The monoisotopic (exact) mass is 1550 g/mol. The van der Waals surface area contributed by atoms with E-state index in [2.05, 4.69) is 180 Å². The van der Waals surface area contributed by atoms with Crippen molar-refractivity contribution in [1.29, 1.82) is 0 Å². The lowest BCUT2D eigenvalue weighted by molar-refractivity contribution is -0.161. The van der Waals surface area contributed by atoms with Crippen LogP contribution < -0.4 is 0 Å². The Morgan fingerprint density at radius 1 is 0.269 bits per heavy atom. The van der Waals surface area contributed by atoms with E-state index in [1.54, 1.807) is 0 Å². The molecule has 0 saturated heterocycles. The molecule has 0 amide bonds. The second kappa shape index (κ2) is 79.3. The predicted octanol–water partition coefficient (Wildman–Crippen LogP) is 24.3. The molecule has 3 N–H and O–H groups in total. The third-order valence-electron chi connectivity index (χ3n) is 16.4. The average Bonchev–Trinajstić information content (AvgIpc) is 0.901. The normalized spacial score (nSPS) is 14.8. The van der Waals surface area contributed by atoms with E-state index in [0.717, 1.165) is 167 Å². The molecule has 612 valence electrons. The van der Waals surface area contributed by atoms with Crippen molar-refractivity contribution in [3.8, 4) is 0 Å². The molecule has 0 radical (unpaired) electrons. The average molecular weight is 1550 g/mol. The molecule has 5 unspecified atom stereocenters. The molecule has 108 heavy (non-hydrogen) atoms. The van der Waals surface area contributed by atoms with Gasteiger partial charge in [-0.3, -0.25) is 37.3 Å². The Hall–Kier alpha value is -5.84. The molecule has 5 atom stereocenters. The Kier molecular flexibility index (Phi) is 75.0. The smallest absolute Gasteiger partial charge is 0.462 e. The van der Waals surface area contributed by atoms with E-state index in [0.29, 0.717) is 38.5 Å². The van der Waals surface area contributed by atoms with Crippen molar-refractivity contribution in [2.75, 3.05) is 39.6 Å². The van der Waals surface area contributed by atoms with E-state index >= 15 is 0 Å². The Balaban J connectivity index is 5.51. The number of phosphoric acid groups is 2. The van der Waals surface area contributed by atoms with E-state index in [4.69, 9.17) is 37.0 Å². The van der Waals surface area contributed by atoms with Crippen LogP contribution in [0.25, 0.3) is 0 Å². The number of hydrogen-bond acceptors (Lipinski definition) is 15. The number of esters is 4. The summed E-state index contributed by atoms with van der Waals surface area (Å²) in [6.07, 6.45) is 96.0. The summed E-state index contributed by atoms with van der Waals surface area (Å²) in [5.74, 6) is -2.37. The van der Waals surface area contributed by atoms with Crippen LogP contribution in [0.2, 0.25) is 0 Å². The summed E-state index contributed by atoms with van der Waals surface area (Å²) >= 11 is 0. The van der Waals surface area contributed by atoms with Crippen LogP contribution in [0.15, 0.2) is 182 Å². The van der Waals surface area contributed by atoms with Crippen molar-refractivity contribution < 1.29 is 80.2 Å². The van der Waals surface area contributed by atoms with Gasteiger partial charge in [0, 0.05) is 25.7 Å². The Bertz CT molecular complexity index is 2760. The highest BCUT2D eigenvalue weighted by Crippen LogP contribution is 2.45. The third-order valence-corrected chi connectivity index (χ3v) is 18.3. The van der Waals surface area contributed by atoms with E-state index in [1.807, 2.05) is 30.4 Å². The quantitative estimate of drug-likeness (QED) is 0.0169. The fourth-order valence-corrected chi connectivity index (χ4v) is 11.8. The van der Waals surface area contributed by atoms with Gasteiger partial charge in [-0.25, -0.2) is 9.13 Å². The molecular formula is C89H144O17P2. The van der Waals surface area contributed by atoms with Gasteiger partial charge in [-0.2, -0.15) is 0 Å². The molecule has 0 aliphatic heterocycles. The minimum absolute atomic E-state index is 0.0279. The van der Waals surface area contributed by atoms with Gasteiger partial charge in [-0.1, -0.05) is 293 Å². The lowest BCUT2D eigenvalue weighted by Crippen LogP contribution is -2.30. The first-order chi connectivity index (χ1) is 52.7. The largest absolute Gasteiger partial charge is 0.472 e. The number of phosphoric ester groups is 2. The second-order valence-corrected chi connectivity index (χ2v) is 29.5. The highest BCUT2D eigenvalue weighted by molar-refractivity contribution is 7.47. The highest BCUT2D eigenvalue weighted by atomic mass is 31.2. The number of ether oxygens (including phenoxy) is 4. The van der Waals surface area contributed by atoms with Gasteiger partial charge in [-0.05, 0) is 161 Å². The van der Waals surface area contributed by atoms with Gasteiger partial charge in [-0.15, -0.1) is 0 Å². The van der Waals surface area contributed by atoms with Crippen molar-refractivity contribution in [3.05, 3.63) is 182 Å². The molecule has 19 heteroatoms. The zero-order valence-corrected chi connectivity index (χ0v) is 68.7. The van der Waals surface area contributed by atoms with Gasteiger partial charge < -0.3 is 33.8 Å². The molecule has 0 heterocycles. The first-order valence-corrected chi connectivity index (χ1v) is 44.0. The molecule has 0 aromatic carbocycles. The Labute approximate surface area is 654 Å². The highest BCUT2D eigenvalue weighted by Gasteiger charge is 2.30. The molecule has 0 aromatic rings. The molecule has 0 aliphatic carbocycles. The van der Waals surface area contributed by atoms with Crippen LogP contribution in [-0.4, -0.2) is 96.7 Å². The molecule has 0 aromatic heterocycles. The number of allylic oxidation sites excluding steroid dienone is 30. The van der Waals surface area contributed by atoms with Gasteiger partial charge in [0.1, 0.15) is 19.3 Å². The minimum Gasteiger partial charge on any atom is -0.462 e. The standard InChI is InChI=1S/C89H144O17P2/c1-5-9-13-17-21-25-29-33-37-40-41-44-47-50-54-58-62-66-70-74-87(92)100-79-84(105-88(93)75-71-67-63-59-55-51-45-36-32-28-24-20-16-12-8-4)81-103-107(95,96)101-77-83(90)78-102-108(97,98)104-82-85(106-89(94)76-72-68-64-60-56-52-48-43-39-35-31-27-23-19-15-11-7-3)80-99-86(91)73-69-65-61-57-53-49-46-42-38-34-30-26-22-18-14-10-6-2/h9-11,13-15,21-23,25-27,33-39,41,44-46,49-50,54,57,61-62,66,83-85,90H,5-8,12,16-20,24,28-32,40,42-43,47-48,51-53,55-56,58-60,63-65,67-82H2,1-4H3,(H,95,96)(H,97,98)/b13-9-,14-10-,15-11-,25-21-,26-22-,27-23-,37-33-,38-34-,39-35-,44-41-,45-36-,49-46-,54-50-,61-57-,66-62-. The summed E-state index contributed by atoms with van der Waals surface area (Å²) in [6, 6.07) is 0. The Morgan fingerprint density at radius 2 is 0.509 bits per heavy atom. The van der Waals surface area contributed by atoms with Crippen molar-refractivity contribution >= 4 is 39.5 Å². The summed E-state index contributed by atoms with van der Waals surface area (Å²) < 4.78 is 68.6. The van der Waals surface area contributed by atoms with Crippen LogP contribution in [-0.2, 0) is 65.4 Å². The molecular weight excluding hydrogens is 1400 g/mol. The number of aliphatic hydroxyl groups is 1. The topological polar surface area (TPSA) is 237 Å². The molecule has 0 saturated carbocycles. The molecule has 0 spiro atoms. The number of carbonyl (C=O) groups is 4. The molecule has 0 rings (SSSR count). The maximum atomic E-state index is 13.1. The van der Waals surface area contributed by atoms with Crippen molar-refractivity contribution in [2.24, 2.45) is 0 Å². The number of unbranched alkanes of at least 4 members (excludes halogenated alkanes) is 19. The molecule has 0 aliphatic rings. The van der Waals surface area contributed by atoms with Crippen molar-refractivity contribution in [2.45, 2.75) is 316 Å². The van der Waals surface area contributed by atoms with E-state index in [-0.39, 0.29) is 25.7 Å². The van der Waals surface area contributed by atoms with E-state index in [9.17, 15) is 43.2 Å². The van der Waals surface area contributed by atoms with Gasteiger partial charge in [0.15, 0.2) is 12.2 Å². The predicted molar refractivity (Wildman–Crippen MR) is 445 cm³/mol. The lowest BCUT2D eigenvalue weighted by atomic mass is 10.1. The summed E-state index contributed by atoms with van der Waals surface area (Å²) in [6.45, 7) is 4.36. The SMILES string of the molecule is CC/C=C\C/C=C\C/C=C\C/C=C\C/C=C\C/C=C\CCC(=O)OCC(COP(=O)(O)OCC(O)COP(=O)(O)OCC(COC(=O)CCC/C=C\C/C=C\C/C=C\C/C=C\C/C=C\CC)OC(=O)CCCCCCCCC/C=C\C/C=C\C/C=C\CC)OC(=O)CCCCCCC/C=C\CCCCCCCC. The summed E-state index contributed by atoms with van der Waals surface area (Å²) in [4.78, 5) is 73.1. The van der Waals surface area contributed by atoms with E-state index in [1.165, 1.54) is 38.5 Å². The van der Waals surface area contributed by atoms with Gasteiger partial charge >= 0.3 is 39.5 Å². The van der Waals surface area contributed by atoms with Crippen LogP contribution in [0, 0.1) is 0 Å². The maximum absolute atomic E-state index is 13.1. The fourth-order valence-electron chi connectivity index (χ4n) is 10.2. The number of carbonyl (C=O) groups excluding carboxylic acids is 4. The summed E-state index contributed by atoms with van der Waals surface area (Å²) in [5.41, 5.74) is 0. The summed E-state index contributed by atoms with van der Waals surface area (Å²) in [7, 11) is -10.0. The van der Waals surface area contributed by atoms with Gasteiger partial charge in [0.25, 0.3) is 0 Å². The van der Waals surface area contributed by atoms with Crippen LogP contribution in [0.3, 0.4) is 0 Å². The van der Waals surface area contributed by atoms with Gasteiger partial charge in [0.05, 0.1) is 26.4 Å². The van der Waals surface area contributed by atoms with Crippen LogP contribution >= 0.6 is 15.6 Å². The molecule has 0 bridgehead atoms. The number of hydrogen-bond donors (Lipinski definition) is 3. The minimum atomic E-state index is -5.01. The zero-order valence-electron chi connectivity index (χ0n) is 66.9. The fraction of sp³-hybridized carbons (Fsp3) is 0.618. The third kappa shape index (κ3) is 78.3. The van der Waals surface area contributed by atoms with Crippen LogP contribution in [0.1, 0.15) is 297 Å². The zero-order chi connectivity index (χ0) is 78.9. The van der Waals surface area contributed by atoms with Crippen LogP contribution in [0.4, 0.5) is 0 Å². The second-order valence-electron chi connectivity index (χ2n) is 26.6. The summed E-state index contributed by atoms with van der Waals surface area (Å²) in [5, 5.41) is 10.7. The molecule has 17 nitrogen and oxygen atoms in total. The van der Waals surface area contributed by atoms with Crippen molar-refractivity contribution in [3.63, 3.8) is 0 Å². The molecule has 0 fully saturated rings. The number of rotatable bonds is 75.